The van der Waals surface area contributed by atoms with Crippen LogP contribution in [-0.4, -0.2) is 35.5 Å². The van der Waals surface area contributed by atoms with E-state index < -0.39 is 23.8 Å². The van der Waals surface area contributed by atoms with E-state index in [1.807, 2.05) is 13.8 Å². The number of hydrogen-bond donors (Lipinski definition) is 3. The number of hydrogen-bond acceptors (Lipinski definition) is 4. The highest BCUT2D eigenvalue weighted by Gasteiger charge is 2.19. The van der Waals surface area contributed by atoms with Crippen LogP contribution in [0, 0.1) is 6.92 Å². The fourth-order valence-corrected chi connectivity index (χ4v) is 2.39. The second-order valence-corrected chi connectivity index (χ2v) is 6.41. The molecule has 0 aliphatic rings. The van der Waals surface area contributed by atoms with E-state index in [0.717, 1.165) is 5.56 Å². The Balaban J connectivity index is 2.28. The van der Waals surface area contributed by atoms with Gasteiger partial charge in [-0.15, -0.1) is 0 Å². The number of amides is 2. The van der Waals surface area contributed by atoms with Crippen molar-refractivity contribution in [1.29, 1.82) is 0 Å². The van der Waals surface area contributed by atoms with E-state index in [-0.39, 0.29) is 5.70 Å². The molecule has 0 aliphatic heterocycles. The molecule has 0 aliphatic carbocycles. The summed E-state index contributed by atoms with van der Waals surface area (Å²) in [5.74, 6) is -1.67. The van der Waals surface area contributed by atoms with Crippen LogP contribution in [0.4, 0.5) is 0 Å². The smallest absolute Gasteiger partial charge is 0.325 e. The molecule has 0 fully saturated rings. The number of carboxylic acids is 1. The van der Waals surface area contributed by atoms with Crippen molar-refractivity contribution >= 4 is 23.9 Å². The normalized spacial score (nSPS) is 12.0. The predicted molar refractivity (Wildman–Crippen MR) is 109 cm³/mol. The summed E-state index contributed by atoms with van der Waals surface area (Å²) in [4.78, 5) is 36.2. The number of ether oxygens (including phenoxy) is 1. The number of carbonyl (C=O) groups is 3. The Kier molecular flexibility index (Phi) is 7.54. The Morgan fingerprint density at radius 3 is 2.24 bits per heavy atom. The fourth-order valence-electron chi connectivity index (χ4n) is 2.39. The lowest BCUT2D eigenvalue weighted by atomic mass is 10.1. The van der Waals surface area contributed by atoms with Crippen LogP contribution in [0.25, 0.3) is 6.08 Å². The molecule has 1 atom stereocenters. The predicted octanol–water partition coefficient (Wildman–Crippen LogP) is 2.75. The summed E-state index contributed by atoms with van der Waals surface area (Å²) >= 11 is 0. The first-order valence-electron chi connectivity index (χ1n) is 9.16. The largest absolute Gasteiger partial charge is 0.494 e. The maximum atomic E-state index is 12.6. The first-order valence-corrected chi connectivity index (χ1v) is 9.16. The van der Waals surface area contributed by atoms with E-state index in [1.165, 1.54) is 13.0 Å². The van der Waals surface area contributed by atoms with Crippen molar-refractivity contribution in [1.82, 2.24) is 10.6 Å². The number of aryl methyl sites for hydroxylation is 1. The standard InChI is InChI=1S/C22H24N2O5/c1-4-29-18-11-7-16(8-12-18)13-19(21(26)23-15(3)22(27)28)24-20(25)17-9-5-14(2)6-10-17/h5-13,15H,4H2,1-3H3,(H,23,26)(H,24,25)(H,27,28)/b19-13+/t15-/m1/s1. The highest BCUT2D eigenvalue weighted by Crippen LogP contribution is 2.15. The molecule has 0 saturated heterocycles. The minimum absolute atomic E-state index is 0.0622. The second-order valence-electron chi connectivity index (χ2n) is 6.41. The van der Waals surface area contributed by atoms with Crippen LogP contribution < -0.4 is 15.4 Å². The Hall–Kier alpha value is -3.61. The van der Waals surface area contributed by atoms with Crippen molar-refractivity contribution < 1.29 is 24.2 Å². The molecule has 29 heavy (non-hydrogen) atoms. The lowest BCUT2D eigenvalue weighted by molar-refractivity contribution is -0.140. The lowest BCUT2D eigenvalue weighted by Crippen LogP contribution is -2.42. The number of aliphatic carboxylic acids is 1. The lowest BCUT2D eigenvalue weighted by Gasteiger charge is -2.14. The fraction of sp³-hybridized carbons (Fsp3) is 0.227. The van der Waals surface area contributed by atoms with Crippen LogP contribution in [0.1, 0.15) is 35.3 Å². The maximum absolute atomic E-state index is 12.6. The van der Waals surface area contributed by atoms with E-state index in [2.05, 4.69) is 10.6 Å². The van der Waals surface area contributed by atoms with Gasteiger partial charge in [-0.05, 0) is 56.7 Å². The van der Waals surface area contributed by atoms with Gasteiger partial charge in [0.1, 0.15) is 17.5 Å². The van der Waals surface area contributed by atoms with Crippen molar-refractivity contribution in [3.8, 4) is 5.75 Å². The number of carbonyl (C=O) groups excluding carboxylic acids is 2. The van der Waals surface area contributed by atoms with E-state index >= 15 is 0 Å². The van der Waals surface area contributed by atoms with Gasteiger partial charge < -0.3 is 20.5 Å². The summed E-state index contributed by atoms with van der Waals surface area (Å²) in [6, 6.07) is 12.7. The molecular weight excluding hydrogens is 372 g/mol. The SMILES string of the molecule is CCOc1ccc(/C=C(/NC(=O)c2ccc(C)cc2)C(=O)N[C@H](C)C(=O)O)cc1. The van der Waals surface area contributed by atoms with Crippen LogP contribution in [0.2, 0.25) is 0 Å². The summed E-state index contributed by atoms with van der Waals surface area (Å²) < 4.78 is 5.39. The molecule has 0 spiro atoms. The monoisotopic (exact) mass is 396 g/mol. The van der Waals surface area contributed by atoms with Crippen LogP contribution in [0.15, 0.2) is 54.2 Å². The van der Waals surface area contributed by atoms with Gasteiger partial charge in [-0.2, -0.15) is 0 Å². The minimum atomic E-state index is -1.18. The number of benzene rings is 2. The molecule has 3 N–H and O–H groups in total. The summed E-state index contributed by atoms with van der Waals surface area (Å²) in [7, 11) is 0. The molecule has 2 aromatic rings. The molecule has 0 radical (unpaired) electrons. The Morgan fingerprint density at radius 2 is 1.69 bits per heavy atom. The van der Waals surface area contributed by atoms with Crippen LogP contribution in [0.3, 0.4) is 0 Å². The van der Waals surface area contributed by atoms with Crippen molar-refractivity contribution in [2.24, 2.45) is 0 Å². The molecule has 7 heteroatoms. The van der Waals surface area contributed by atoms with Gasteiger partial charge in [-0.25, -0.2) is 0 Å². The van der Waals surface area contributed by atoms with E-state index in [1.54, 1.807) is 48.5 Å². The molecule has 0 bridgehead atoms. The van der Waals surface area contributed by atoms with Gasteiger partial charge in [0.25, 0.3) is 11.8 Å². The minimum Gasteiger partial charge on any atom is -0.494 e. The molecule has 2 rings (SSSR count). The highest BCUT2D eigenvalue weighted by atomic mass is 16.5. The number of nitrogens with one attached hydrogen (secondary N) is 2. The second kappa shape index (κ2) is 10.1. The Labute approximate surface area is 169 Å². The van der Waals surface area contributed by atoms with Crippen LogP contribution in [-0.2, 0) is 9.59 Å². The van der Waals surface area contributed by atoms with Gasteiger partial charge in [-0.3, -0.25) is 14.4 Å². The van der Waals surface area contributed by atoms with Gasteiger partial charge in [-0.1, -0.05) is 29.8 Å². The Morgan fingerprint density at radius 1 is 1.07 bits per heavy atom. The summed E-state index contributed by atoms with van der Waals surface area (Å²) in [5, 5.41) is 14.0. The highest BCUT2D eigenvalue weighted by molar-refractivity contribution is 6.06. The zero-order valence-corrected chi connectivity index (χ0v) is 16.6. The first kappa shape index (κ1) is 21.7. The van der Waals surface area contributed by atoms with Gasteiger partial charge >= 0.3 is 5.97 Å². The number of carboxylic acid groups (broad SMARTS) is 1. The van der Waals surface area contributed by atoms with Crippen molar-refractivity contribution in [2.45, 2.75) is 26.8 Å². The average molecular weight is 396 g/mol. The molecule has 7 nitrogen and oxygen atoms in total. The molecule has 0 saturated carbocycles. The topological polar surface area (TPSA) is 105 Å². The van der Waals surface area contributed by atoms with E-state index in [0.29, 0.717) is 23.5 Å². The number of rotatable bonds is 8. The van der Waals surface area contributed by atoms with Crippen molar-refractivity contribution in [2.75, 3.05) is 6.61 Å². The summed E-state index contributed by atoms with van der Waals surface area (Å²) in [6.45, 7) is 5.65. The van der Waals surface area contributed by atoms with Crippen LogP contribution >= 0.6 is 0 Å². The third-order valence-electron chi connectivity index (χ3n) is 4.03. The molecule has 0 aromatic heterocycles. The molecular formula is C22H24N2O5. The van der Waals surface area contributed by atoms with Gasteiger partial charge in [0.15, 0.2) is 0 Å². The van der Waals surface area contributed by atoms with Gasteiger partial charge in [0.2, 0.25) is 0 Å². The van der Waals surface area contributed by atoms with Crippen LogP contribution in [0.5, 0.6) is 5.75 Å². The summed E-state index contributed by atoms with van der Waals surface area (Å²) in [5.41, 5.74) is 1.96. The molecule has 2 aromatic carbocycles. The van der Waals surface area contributed by atoms with Gasteiger partial charge in [0.05, 0.1) is 6.61 Å². The quantitative estimate of drug-likeness (QED) is 0.595. The average Bonchev–Trinajstić information content (AvgIpc) is 2.69. The van der Waals surface area contributed by atoms with Crippen molar-refractivity contribution in [3.05, 3.63) is 70.9 Å². The maximum Gasteiger partial charge on any atom is 0.325 e. The molecule has 0 unspecified atom stereocenters. The molecule has 152 valence electrons. The first-order chi connectivity index (χ1) is 13.8. The van der Waals surface area contributed by atoms with Gasteiger partial charge in [0, 0.05) is 5.56 Å². The van der Waals surface area contributed by atoms with Crippen molar-refractivity contribution in [3.63, 3.8) is 0 Å². The zero-order chi connectivity index (χ0) is 21.4. The third-order valence-corrected chi connectivity index (χ3v) is 4.03. The summed E-state index contributed by atoms with van der Waals surface area (Å²) in [6.07, 6.45) is 1.48. The van der Waals surface area contributed by atoms with E-state index in [4.69, 9.17) is 9.84 Å². The Bertz CT molecular complexity index is 902. The zero-order valence-electron chi connectivity index (χ0n) is 16.6. The molecule has 2 amide bonds. The third kappa shape index (κ3) is 6.49. The molecule has 0 heterocycles. The van der Waals surface area contributed by atoms with E-state index in [9.17, 15) is 14.4 Å².